The highest BCUT2D eigenvalue weighted by Crippen LogP contribution is 2.51. The van der Waals surface area contributed by atoms with Gasteiger partial charge in [0.2, 0.25) is 0 Å². The summed E-state index contributed by atoms with van der Waals surface area (Å²) in [5, 5.41) is 58.4. The molecule has 33 heavy (non-hydrogen) atoms. The van der Waals surface area contributed by atoms with E-state index in [4.69, 9.17) is 10.5 Å². The van der Waals surface area contributed by atoms with E-state index in [1.54, 1.807) is 0 Å². The highest BCUT2D eigenvalue weighted by Gasteiger charge is 2.56. The zero-order chi connectivity index (χ0) is 24.7. The lowest BCUT2D eigenvalue weighted by atomic mass is 10.00. The van der Waals surface area contributed by atoms with E-state index in [9.17, 15) is 49.7 Å². The first-order valence-electron chi connectivity index (χ1n) is 9.26. The predicted molar refractivity (Wildman–Crippen MR) is 99.8 cm³/mol. The first-order chi connectivity index (χ1) is 15.3. The van der Waals surface area contributed by atoms with Crippen LogP contribution in [-0.4, -0.2) is 100 Å². The number of anilines is 1. The second-order valence-corrected chi connectivity index (χ2v) is 8.65. The summed E-state index contributed by atoms with van der Waals surface area (Å²) in [7, 11) is -5.34. The Labute approximate surface area is 183 Å². The molecule has 2 aliphatic heterocycles. The van der Waals surface area contributed by atoms with Gasteiger partial charge in [-0.2, -0.15) is 4.98 Å². The van der Waals surface area contributed by atoms with Crippen LogP contribution in [0.1, 0.15) is 12.6 Å². The van der Waals surface area contributed by atoms with Crippen molar-refractivity contribution in [3.05, 3.63) is 22.7 Å². The van der Waals surface area contributed by atoms with Crippen LogP contribution in [0.3, 0.4) is 0 Å². The number of phosphoric ester groups is 1. The van der Waals surface area contributed by atoms with Crippen molar-refractivity contribution >= 4 is 19.6 Å². The summed E-state index contributed by atoms with van der Waals surface area (Å²) < 4.78 is 32.2. The normalized spacial score (nSPS) is 38.7. The number of phosphoric acid groups is 1. The maximum Gasteiger partial charge on any atom is 0.475 e. The topological polar surface area (TPSA) is 274 Å². The molecule has 3 rings (SSSR count). The second-order valence-electron chi connectivity index (χ2n) is 7.27. The third-order valence-electron chi connectivity index (χ3n) is 4.93. The first-order valence-corrected chi connectivity index (χ1v) is 10.8. The summed E-state index contributed by atoms with van der Waals surface area (Å²) in [6.07, 6.45) is -12.4. The molecule has 2 saturated heterocycles. The highest BCUT2D eigenvalue weighted by molar-refractivity contribution is 7.47. The number of aliphatic carboxylic acids is 1. The number of carboxylic acids is 1. The van der Waals surface area contributed by atoms with Crippen molar-refractivity contribution in [2.75, 3.05) is 12.3 Å². The van der Waals surface area contributed by atoms with Gasteiger partial charge in [-0.15, -0.1) is 0 Å². The Kier molecular flexibility index (Phi) is 7.23. The van der Waals surface area contributed by atoms with E-state index in [0.717, 1.165) is 10.8 Å². The van der Waals surface area contributed by atoms with Gasteiger partial charge in [0, 0.05) is 12.6 Å². The average Bonchev–Trinajstić information content (AvgIpc) is 2.98. The van der Waals surface area contributed by atoms with Crippen molar-refractivity contribution < 1.29 is 63.4 Å². The number of nitrogen functional groups attached to an aromatic ring is 1. The van der Waals surface area contributed by atoms with E-state index < -0.39 is 81.3 Å². The Morgan fingerprint density at radius 2 is 1.94 bits per heavy atom. The van der Waals surface area contributed by atoms with E-state index in [0.29, 0.717) is 0 Å². The molecular weight excluding hydrogens is 477 g/mol. The van der Waals surface area contributed by atoms with Crippen LogP contribution in [0.25, 0.3) is 0 Å². The van der Waals surface area contributed by atoms with Gasteiger partial charge in [0.1, 0.15) is 30.2 Å². The molecule has 1 aromatic rings. The molecule has 0 saturated carbocycles. The number of aromatic nitrogens is 2. The second kappa shape index (κ2) is 9.32. The lowest BCUT2D eigenvalue weighted by Gasteiger charge is -2.40. The molecule has 2 fully saturated rings. The van der Waals surface area contributed by atoms with E-state index >= 15 is 0 Å². The number of nitrogens with zero attached hydrogens (tertiary/aromatic N) is 2. The Morgan fingerprint density at radius 3 is 2.52 bits per heavy atom. The van der Waals surface area contributed by atoms with Gasteiger partial charge in [0.25, 0.3) is 5.79 Å². The lowest BCUT2D eigenvalue weighted by molar-refractivity contribution is -0.332. The molecule has 0 spiro atoms. The Bertz CT molecular complexity index is 977. The minimum absolute atomic E-state index is 0.109. The number of aliphatic hydroxyl groups is 5. The van der Waals surface area contributed by atoms with Crippen molar-refractivity contribution in [2.24, 2.45) is 0 Å². The van der Waals surface area contributed by atoms with Gasteiger partial charge in [0.05, 0.1) is 12.7 Å². The minimum atomic E-state index is -5.34. The molecule has 1 aromatic heterocycles. The van der Waals surface area contributed by atoms with Crippen LogP contribution in [-0.2, 0) is 27.9 Å². The fourth-order valence-electron chi connectivity index (χ4n) is 3.23. The minimum Gasteiger partial charge on any atom is -0.477 e. The smallest absolute Gasteiger partial charge is 0.475 e. The Hall–Kier alpha value is -2.02. The average molecular weight is 499 g/mol. The largest absolute Gasteiger partial charge is 0.477 e. The number of carbonyl (C=O) groups is 1. The lowest BCUT2D eigenvalue weighted by Crippen LogP contribution is -2.59. The first kappa shape index (κ1) is 25.6. The van der Waals surface area contributed by atoms with Crippen LogP contribution in [0.5, 0.6) is 0 Å². The highest BCUT2D eigenvalue weighted by atomic mass is 31.2. The fourth-order valence-corrected chi connectivity index (χ4v) is 4.19. The SMILES string of the molecule is Nc1ccn([C@@H]2O[C@H](COP(=O)(O)OC3(C(=O)O)CC(O)[C@@H](O)C(O)O3)[C@H](O)[C@@H]2O)c(=O)n1. The molecule has 0 aromatic carbocycles. The van der Waals surface area contributed by atoms with Crippen LogP contribution in [0, 0.1) is 0 Å². The van der Waals surface area contributed by atoms with Crippen LogP contribution >= 0.6 is 7.82 Å². The van der Waals surface area contributed by atoms with E-state index in [2.05, 4.69) is 18.8 Å². The molecular formula is C15H22N3O14P. The van der Waals surface area contributed by atoms with Crippen LogP contribution in [0.4, 0.5) is 5.82 Å². The van der Waals surface area contributed by atoms with Crippen molar-refractivity contribution in [3.8, 4) is 0 Å². The molecule has 2 aliphatic rings. The molecule has 0 bridgehead atoms. The quantitative estimate of drug-likeness (QED) is 0.165. The maximum absolute atomic E-state index is 12.3. The van der Waals surface area contributed by atoms with Crippen LogP contribution in [0.2, 0.25) is 0 Å². The summed E-state index contributed by atoms with van der Waals surface area (Å²) in [6, 6.07) is 1.22. The van der Waals surface area contributed by atoms with E-state index in [1.165, 1.54) is 6.07 Å². The monoisotopic (exact) mass is 499 g/mol. The van der Waals surface area contributed by atoms with Crippen molar-refractivity contribution in [2.45, 2.75) is 55.2 Å². The zero-order valence-corrected chi connectivity index (χ0v) is 17.4. The molecule has 3 heterocycles. The molecule has 186 valence electrons. The van der Waals surface area contributed by atoms with Gasteiger partial charge in [0.15, 0.2) is 12.5 Å². The third kappa shape index (κ3) is 5.23. The molecule has 0 amide bonds. The van der Waals surface area contributed by atoms with Gasteiger partial charge in [-0.3, -0.25) is 9.09 Å². The molecule has 0 radical (unpaired) electrons. The van der Waals surface area contributed by atoms with Crippen LogP contribution in [0.15, 0.2) is 17.1 Å². The Morgan fingerprint density at radius 1 is 1.27 bits per heavy atom. The summed E-state index contributed by atoms with van der Waals surface area (Å²) in [5.74, 6) is -5.20. The molecule has 4 unspecified atom stereocenters. The van der Waals surface area contributed by atoms with Gasteiger partial charge in [-0.05, 0) is 6.07 Å². The van der Waals surface area contributed by atoms with Gasteiger partial charge in [-0.25, -0.2) is 18.7 Å². The molecule has 9 N–H and O–H groups in total. The van der Waals surface area contributed by atoms with Crippen molar-refractivity contribution in [3.63, 3.8) is 0 Å². The molecule has 0 aliphatic carbocycles. The predicted octanol–water partition coefficient (Wildman–Crippen LogP) is -4.18. The van der Waals surface area contributed by atoms with E-state index in [-0.39, 0.29) is 5.82 Å². The summed E-state index contributed by atoms with van der Waals surface area (Å²) in [5.41, 5.74) is 4.46. The summed E-state index contributed by atoms with van der Waals surface area (Å²) in [4.78, 5) is 36.9. The number of ether oxygens (including phenoxy) is 2. The van der Waals surface area contributed by atoms with Crippen molar-refractivity contribution in [1.82, 2.24) is 9.55 Å². The molecule has 17 nitrogen and oxygen atoms in total. The van der Waals surface area contributed by atoms with Crippen LogP contribution < -0.4 is 11.4 Å². The number of rotatable bonds is 7. The molecule has 9 atom stereocenters. The van der Waals surface area contributed by atoms with E-state index in [1.807, 2.05) is 0 Å². The zero-order valence-electron chi connectivity index (χ0n) is 16.5. The number of hydrogen-bond donors (Lipinski definition) is 8. The van der Waals surface area contributed by atoms with Gasteiger partial charge in [-0.1, -0.05) is 0 Å². The fraction of sp³-hybridized carbons (Fsp3) is 0.667. The maximum atomic E-state index is 12.3. The number of hydrogen-bond acceptors (Lipinski definition) is 14. The molecule has 18 heteroatoms. The number of nitrogens with two attached hydrogens (primary N) is 1. The summed E-state index contributed by atoms with van der Waals surface area (Å²) in [6.45, 7) is -0.941. The van der Waals surface area contributed by atoms with Gasteiger partial charge >= 0.3 is 19.5 Å². The Balaban J connectivity index is 1.70. The van der Waals surface area contributed by atoms with Gasteiger partial charge < -0.3 is 50.7 Å². The summed E-state index contributed by atoms with van der Waals surface area (Å²) >= 11 is 0. The number of carboxylic acid groups (broad SMARTS) is 1. The number of aliphatic hydroxyl groups excluding tert-OH is 5. The standard InChI is InChI=1S/C15H22N3O14P/c16-7-1-2-18(14(26)17-7)11-10(22)9(21)6(30-11)4-29-33(27,28)32-15(13(24)25)3-5(19)8(20)12(23)31-15/h1-2,5-6,8-12,19-23H,3-4H2,(H,24,25)(H,27,28)(H2,16,17,26)/t5?,6-,8-,9+,10+,11-,12?,15?/m1/s1. The third-order valence-corrected chi connectivity index (χ3v) is 5.93. The van der Waals surface area contributed by atoms with Crippen molar-refractivity contribution in [1.29, 1.82) is 0 Å².